The molecule has 1 heterocycles. The van der Waals surface area contributed by atoms with E-state index in [0.717, 1.165) is 16.7 Å². The lowest BCUT2D eigenvalue weighted by Crippen LogP contribution is -2.64. The van der Waals surface area contributed by atoms with Gasteiger partial charge in [-0.3, -0.25) is 0 Å². The summed E-state index contributed by atoms with van der Waals surface area (Å²) >= 11 is 0. The fraction of sp³-hybridized carbons (Fsp3) is 0.394. The molecule has 38 heavy (non-hydrogen) atoms. The van der Waals surface area contributed by atoms with Crippen LogP contribution in [-0.4, -0.2) is 36.6 Å². The first-order valence-corrected chi connectivity index (χ1v) is 13.6. The first-order chi connectivity index (χ1) is 18.6. The number of ether oxygens (including phenoxy) is 4. The number of rotatable bonds is 13. The van der Waals surface area contributed by atoms with Crippen molar-refractivity contribution in [3.05, 3.63) is 120 Å². The molecule has 4 rings (SSSR count). The molecule has 1 aliphatic heterocycles. The van der Waals surface area contributed by atoms with Crippen LogP contribution in [0.25, 0.3) is 0 Å². The Hall–Kier alpha value is -2.80. The van der Waals surface area contributed by atoms with Crippen molar-refractivity contribution >= 4 is 0 Å². The largest absolute Gasteiger partial charge is 0.368 e. The van der Waals surface area contributed by atoms with E-state index in [0.29, 0.717) is 26.2 Å². The van der Waals surface area contributed by atoms with Gasteiger partial charge in [0.25, 0.3) is 0 Å². The van der Waals surface area contributed by atoms with Crippen LogP contribution in [0.15, 0.2) is 104 Å². The highest BCUT2D eigenvalue weighted by molar-refractivity contribution is 5.16. The van der Waals surface area contributed by atoms with Gasteiger partial charge in [0, 0.05) is 6.04 Å². The Balaban J connectivity index is 1.65. The molecule has 2 N–H and O–H groups in total. The minimum Gasteiger partial charge on any atom is -0.368 e. The van der Waals surface area contributed by atoms with Crippen LogP contribution in [0.5, 0.6) is 0 Å². The number of hydrogen-bond donors (Lipinski definition) is 1. The summed E-state index contributed by atoms with van der Waals surface area (Å²) in [5, 5.41) is 0. The van der Waals surface area contributed by atoms with Crippen molar-refractivity contribution in [2.75, 3.05) is 0 Å². The summed E-state index contributed by atoms with van der Waals surface area (Å²) in [5.74, 6) is 0.198. The van der Waals surface area contributed by atoms with E-state index in [1.165, 1.54) is 0 Å². The highest BCUT2D eigenvalue weighted by Crippen LogP contribution is 2.34. The van der Waals surface area contributed by atoms with Gasteiger partial charge in [-0.15, -0.1) is 6.58 Å². The lowest BCUT2D eigenvalue weighted by atomic mass is 9.86. The zero-order valence-electron chi connectivity index (χ0n) is 22.5. The maximum Gasteiger partial charge on any atom is 0.115 e. The van der Waals surface area contributed by atoms with Gasteiger partial charge in [0.2, 0.25) is 0 Å². The molecule has 6 atom stereocenters. The second-order valence-electron chi connectivity index (χ2n) is 10.3. The van der Waals surface area contributed by atoms with E-state index >= 15 is 0 Å². The Kier molecular flexibility index (Phi) is 10.7. The van der Waals surface area contributed by atoms with Crippen molar-refractivity contribution < 1.29 is 18.9 Å². The number of benzene rings is 3. The molecule has 1 fully saturated rings. The van der Waals surface area contributed by atoms with Crippen molar-refractivity contribution in [2.45, 2.75) is 76.7 Å². The van der Waals surface area contributed by atoms with Gasteiger partial charge in [-0.1, -0.05) is 111 Å². The van der Waals surface area contributed by atoms with Gasteiger partial charge in [0.05, 0.1) is 25.9 Å². The van der Waals surface area contributed by atoms with Gasteiger partial charge >= 0.3 is 0 Å². The topological polar surface area (TPSA) is 62.9 Å². The molecule has 6 unspecified atom stereocenters. The average molecular weight is 516 g/mol. The lowest BCUT2D eigenvalue weighted by Gasteiger charge is -2.48. The summed E-state index contributed by atoms with van der Waals surface area (Å²) in [6, 6.07) is 30.3. The van der Waals surface area contributed by atoms with Crippen LogP contribution in [0.2, 0.25) is 0 Å². The molecule has 0 bridgehead atoms. The molecule has 202 valence electrons. The zero-order valence-corrected chi connectivity index (χ0v) is 22.5. The van der Waals surface area contributed by atoms with Gasteiger partial charge in [-0.2, -0.15) is 0 Å². The van der Waals surface area contributed by atoms with E-state index < -0.39 is 12.2 Å². The minimum absolute atomic E-state index is 0.198. The summed E-state index contributed by atoms with van der Waals surface area (Å²) in [5.41, 5.74) is 10.0. The van der Waals surface area contributed by atoms with Gasteiger partial charge in [0.15, 0.2) is 0 Å². The molecular weight excluding hydrogens is 474 g/mol. The quantitative estimate of drug-likeness (QED) is 0.280. The van der Waals surface area contributed by atoms with E-state index in [4.69, 9.17) is 24.7 Å². The van der Waals surface area contributed by atoms with Crippen molar-refractivity contribution in [3.63, 3.8) is 0 Å². The van der Waals surface area contributed by atoms with E-state index in [2.05, 4.69) is 56.8 Å². The van der Waals surface area contributed by atoms with E-state index in [1.54, 1.807) is 0 Å². The summed E-state index contributed by atoms with van der Waals surface area (Å²) in [6.07, 6.45) is 0.699. The second kappa shape index (κ2) is 14.4. The highest BCUT2D eigenvalue weighted by atomic mass is 16.6. The first-order valence-electron chi connectivity index (χ1n) is 13.6. The fourth-order valence-corrected chi connectivity index (χ4v) is 4.87. The van der Waals surface area contributed by atoms with E-state index in [-0.39, 0.29) is 30.3 Å². The Labute approximate surface area is 227 Å². The SMILES string of the molecule is C=CCC1OC(C(N)C(C)C)C(OCc2ccccc2)C(OCc2ccccc2)C1OCc1ccccc1. The van der Waals surface area contributed by atoms with Gasteiger partial charge in [0.1, 0.15) is 24.4 Å². The summed E-state index contributed by atoms with van der Waals surface area (Å²) in [4.78, 5) is 0. The number of hydrogen-bond acceptors (Lipinski definition) is 5. The molecule has 3 aromatic carbocycles. The van der Waals surface area contributed by atoms with Crippen molar-refractivity contribution in [2.24, 2.45) is 11.7 Å². The fourth-order valence-electron chi connectivity index (χ4n) is 4.87. The number of nitrogens with two attached hydrogens (primary N) is 1. The van der Waals surface area contributed by atoms with Crippen LogP contribution < -0.4 is 5.73 Å². The molecule has 0 aromatic heterocycles. The molecule has 5 nitrogen and oxygen atoms in total. The average Bonchev–Trinajstić information content (AvgIpc) is 2.95. The smallest absolute Gasteiger partial charge is 0.115 e. The summed E-state index contributed by atoms with van der Waals surface area (Å²) in [7, 11) is 0. The Morgan fingerprint density at radius 1 is 0.711 bits per heavy atom. The normalized spacial score (nSPS) is 24.3. The molecule has 0 saturated carbocycles. The van der Waals surface area contributed by atoms with Gasteiger partial charge in [-0.05, 0) is 29.0 Å². The second-order valence-corrected chi connectivity index (χ2v) is 10.3. The molecular formula is C33H41NO4. The summed E-state index contributed by atoms with van der Waals surface area (Å²) < 4.78 is 26.6. The highest BCUT2D eigenvalue weighted by Gasteiger charge is 2.50. The monoisotopic (exact) mass is 515 g/mol. The first kappa shape index (κ1) is 28.2. The Bertz CT molecular complexity index is 1080. The molecule has 1 aliphatic rings. The van der Waals surface area contributed by atoms with Crippen LogP contribution >= 0.6 is 0 Å². The third-order valence-corrected chi connectivity index (χ3v) is 7.07. The van der Waals surface area contributed by atoms with Crippen LogP contribution in [-0.2, 0) is 38.8 Å². The maximum atomic E-state index is 6.76. The van der Waals surface area contributed by atoms with E-state index in [9.17, 15) is 0 Å². The lowest BCUT2D eigenvalue weighted by molar-refractivity contribution is -0.269. The predicted octanol–water partition coefficient (Wildman–Crippen LogP) is 6.07. The Morgan fingerprint density at radius 3 is 1.55 bits per heavy atom. The predicted molar refractivity (Wildman–Crippen MR) is 151 cm³/mol. The molecule has 0 radical (unpaired) electrons. The molecule has 3 aromatic rings. The minimum atomic E-state index is -0.418. The Morgan fingerprint density at radius 2 is 1.13 bits per heavy atom. The van der Waals surface area contributed by atoms with Gasteiger partial charge in [-0.25, -0.2) is 0 Å². The van der Waals surface area contributed by atoms with E-state index in [1.807, 2.05) is 60.7 Å². The van der Waals surface area contributed by atoms with Crippen LogP contribution in [0.3, 0.4) is 0 Å². The molecule has 5 heteroatoms. The van der Waals surface area contributed by atoms with Crippen LogP contribution in [0, 0.1) is 5.92 Å². The molecule has 0 spiro atoms. The van der Waals surface area contributed by atoms with Gasteiger partial charge < -0.3 is 24.7 Å². The zero-order chi connectivity index (χ0) is 26.7. The molecule has 0 aliphatic carbocycles. The van der Waals surface area contributed by atoms with Crippen molar-refractivity contribution in [3.8, 4) is 0 Å². The standard InChI is InChI=1S/C33H41NO4/c1-4-14-28-30(35-21-25-15-8-5-9-16-25)32(36-22-26-17-10-6-11-18-26)33(31(38-28)29(34)24(2)3)37-23-27-19-12-7-13-20-27/h4-13,15-20,24,28-33H,1,14,21-23,34H2,2-3H3. The summed E-state index contributed by atoms with van der Waals surface area (Å²) in [6.45, 7) is 9.53. The van der Waals surface area contributed by atoms with Crippen molar-refractivity contribution in [1.82, 2.24) is 0 Å². The third kappa shape index (κ3) is 7.62. The third-order valence-electron chi connectivity index (χ3n) is 7.07. The molecule has 0 amide bonds. The molecule has 1 saturated heterocycles. The van der Waals surface area contributed by atoms with Crippen molar-refractivity contribution in [1.29, 1.82) is 0 Å². The van der Waals surface area contributed by atoms with Crippen LogP contribution in [0.1, 0.15) is 37.0 Å². The maximum absolute atomic E-state index is 6.76. The van der Waals surface area contributed by atoms with Crippen LogP contribution in [0.4, 0.5) is 0 Å².